The van der Waals surface area contributed by atoms with E-state index in [0.717, 1.165) is 65.7 Å². The Balaban J connectivity index is 1.37. The third-order valence-electron chi connectivity index (χ3n) is 7.91. The van der Waals surface area contributed by atoms with Gasteiger partial charge in [-0.3, -0.25) is 14.5 Å². The van der Waals surface area contributed by atoms with Gasteiger partial charge in [-0.2, -0.15) is 0 Å². The number of imidazole rings is 1. The highest BCUT2D eigenvalue weighted by Crippen LogP contribution is 2.29. The maximum Gasteiger partial charge on any atom is 0.309 e. The van der Waals surface area contributed by atoms with E-state index in [9.17, 15) is 9.59 Å². The summed E-state index contributed by atoms with van der Waals surface area (Å²) in [7, 11) is 3.08. The number of methoxy groups -OCH3 is 2. The molecule has 2 aromatic carbocycles. The zero-order chi connectivity index (χ0) is 29.5. The number of nitrogen functional groups attached to an aromatic ring is 1. The fourth-order valence-corrected chi connectivity index (χ4v) is 5.70. The van der Waals surface area contributed by atoms with E-state index >= 15 is 0 Å². The highest BCUT2D eigenvalue weighted by atomic mass is 16.5. The SMILES string of the molecule is COCCc1nc2c(N)nc3ccccc3c2n1CCCN(Cc1ccc(CC(=O)OC)cc1)C(=O)CN1CCCC1. The van der Waals surface area contributed by atoms with E-state index in [1.54, 1.807) is 7.11 Å². The number of esters is 1. The quantitative estimate of drug-likeness (QED) is 0.242. The number of para-hydroxylation sites is 1. The van der Waals surface area contributed by atoms with Crippen LogP contribution in [0.5, 0.6) is 0 Å². The molecule has 1 aliphatic rings. The van der Waals surface area contributed by atoms with Gasteiger partial charge in [0.1, 0.15) is 11.3 Å². The average molecular weight is 573 g/mol. The number of amides is 1. The van der Waals surface area contributed by atoms with Gasteiger partial charge in [0, 0.05) is 38.6 Å². The van der Waals surface area contributed by atoms with Crippen molar-refractivity contribution in [2.45, 2.75) is 45.2 Å². The second kappa shape index (κ2) is 13.8. The Morgan fingerprint density at radius 2 is 1.74 bits per heavy atom. The molecule has 0 bridgehead atoms. The van der Waals surface area contributed by atoms with E-state index in [0.29, 0.717) is 50.5 Å². The van der Waals surface area contributed by atoms with Gasteiger partial charge in [-0.05, 0) is 49.5 Å². The van der Waals surface area contributed by atoms with Crippen LogP contribution in [0, 0.1) is 0 Å². The smallest absolute Gasteiger partial charge is 0.309 e. The number of hydrogen-bond acceptors (Lipinski definition) is 8. The van der Waals surface area contributed by atoms with Crippen LogP contribution in [-0.4, -0.2) is 83.2 Å². The van der Waals surface area contributed by atoms with Gasteiger partial charge in [-0.15, -0.1) is 0 Å². The van der Waals surface area contributed by atoms with E-state index in [1.165, 1.54) is 7.11 Å². The molecule has 0 unspecified atom stereocenters. The number of hydrogen-bond donors (Lipinski definition) is 1. The third kappa shape index (κ3) is 6.88. The predicted molar refractivity (Wildman–Crippen MR) is 163 cm³/mol. The summed E-state index contributed by atoms with van der Waals surface area (Å²) >= 11 is 0. The number of ether oxygens (including phenoxy) is 2. The number of aryl methyl sites for hydroxylation is 1. The molecule has 0 radical (unpaired) electrons. The second-order valence-corrected chi connectivity index (χ2v) is 10.9. The van der Waals surface area contributed by atoms with Crippen LogP contribution < -0.4 is 5.73 Å². The fourth-order valence-electron chi connectivity index (χ4n) is 5.70. The number of nitrogens with two attached hydrogens (primary N) is 1. The van der Waals surface area contributed by atoms with Crippen molar-refractivity contribution in [2.75, 3.05) is 52.7 Å². The van der Waals surface area contributed by atoms with Crippen LogP contribution in [0.2, 0.25) is 0 Å². The predicted octanol–water partition coefficient (Wildman–Crippen LogP) is 3.59. The van der Waals surface area contributed by atoms with Crippen LogP contribution in [0.4, 0.5) is 5.82 Å². The Kier molecular flexibility index (Phi) is 9.66. The molecule has 0 saturated carbocycles. The van der Waals surface area contributed by atoms with Gasteiger partial charge < -0.3 is 24.7 Å². The topological polar surface area (TPSA) is 116 Å². The summed E-state index contributed by atoms with van der Waals surface area (Å²) in [5.74, 6) is 1.17. The third-order valence-corrected chi connectivity index (χ3v) is 7.91. The molecule has 5 rings (SSSR count). The van der Waals surface area contributed by atoms with Gasteiger partial charge in [-0.1, -0.05) is 42.5 Å². The Hall–Kier alpha value is -4.02. The van der Waals surface area contributed by atoms with Crippen molar-refractivity contribution in [3.63, 3.8) is 0 Å². The van der Waals surface area contributed by atoms with Gasteiger partial charge in [0.05, 0.1) is 37.7 Å². The summed E-state index contributed by atoms with van der Waals surface area (Å²) in [4.78, 5) is 38.9. The number of nitrogens with zero attached hydrogens (tertiary/aromatic N) is 5. The zero-order valence-electron chi connectivity index (χ0n) is 24.6. The van der Waals surface area contributed by atoms with Gasteiger partial charge in [0.15, 0.2) is 5.82 Å². The Bertz CT molecular complexity index is 1530. The van der Waals surface area contributed by atoms with E-state index in [1.807, 2.05) is 47.4 Å². The number of aromatic nitrogens is 3. The molecule has 1 amide bonds. The standard InChI is InChI=1S/C32H40N6O4/c1-41-19-14-27-35-30-31(25-8-3-4-9-26(25)34-32(30)33)38(27)18-7-17-37(28(39)22-36-15-5-6-16-36)21-24-12-10-23(11-13-24)20-29(40)42-2/h3-4,8-13H,5-7,14-22H2,1-2H3,(H2,33,34). The minimum atomic E-state index is -0.271. The monoisotopic (exact) mass is 572 g/mol. The maximum absolute atomic E-state index is 13.5. The summed E-state index contributed by atoms with van der Waals surface area (Å²) < 4.78 is 12.4. The maximum atomic E-state index is 13.5. The molecule has 222 valence electrons. The van der Waals surface area contributed by atoms with Crippen molar-refractivity contribution >= 4 is 39.6 Å². The lowest BCUT2D eigenvalue weighted by Gasteiger charge is -2.26. The largest absolute Gasteiger partial charge is 0.469 e. The summed E-state index contributed by atoms with van der Waals surface area (Å²) in [5.41, 5.74) is 10.8. The van der Waals surface area contributed by atoms with Gasteiger partial charge in [0.25, 0.3) is 0 Å². The van der Waals surface area contributed by atoms with Crippen LogP contribution in [0.1, 0.15) is 36.2 Å². The van der Waals surface area contributed by atoms with Crippen LogP contribution >= 0.6 is 0 Å². The van der Waals surface area contributed by atoms with Crippen molar-refractivity contribution in [3.05, 3.63) is 65.5 Å². The molecule has 1 aliphatic heterocycles. The summed E-state index contributed by atoms with van der Waals surface area (Å²) in [5, 5.41) is 1.01. The summed E-state index contributed by atoms with van der Waals surface area (Å²) in [6, 6.07) is 15.8. The molecule has 2 N–H and O–H groups in total. The van der Waals surface area contributed by atoms with E-state index in [2.05, 4.69) is 20.5 Å². The number of fused-ring (bicyclic) bond motifs is 3. The van der Waals surface area contributed by atoms with Gasteiger partial charge >= 0.3 is 5.97 Å². The van der Waals surface area contributed by atoms with Crippen LogP contribution in [0.25, 0.3) is 21.9 Å². The minimum absolute atomic E-state index is 0.129. The average Bonchev–Trinajstić information content (AvgIpc) is 3.64. The van der Waals surface area contributed by atoms with Gasteiger partial charge in [0.2, 0.25) is 5.91 Å². The first-order chi connectivity index (χ1) is 20.5. The highest BCUT2D eigenvalue weighted by Gasteiger charge is 2.22. The van der Waals surface area contributed by atoms with Gasteiger partial charge in [-0.25, -0.2) is 9.97 Å². The molecule has 2 aromatic heterocycles. The number of carbonyl (C=O) groups excluding carboxylic acids is 2. The lowest BCUT2D eigenvalue weighted by atomic mass is 10.1. The second-order valence-electron chi connectivity index (χ2n) is 10.9. The summed E-state index contributed by atoms with van der Waals surface area (Å²) in [6.07, 6.45) is 3.90. The highest BCUT2D eigenvalue weighted by molar-refractivity contribution is 6.06. The number of anilines is 1. The molecule has 10 heteroatoms. The Labute approximate surface area is 246 Å². The zero-order valence-corrected chi connectivity index (χ0v) is 24.6. The van der Waals surface area contributed by atoms with Crippen molar-refractivity contribution in [1.29, 1.82) is 0 Å². The van der Waals surface area contributed by atoms with Crippen molar-refractivity contribution in [3.8, 4) is 0 Å². The molecule has 10 nitrogen and oxygen atoms in total. The fraction of sp³-hybridized carbons (Fsp3) is 0.438. The molecule has 1 saturated heterocycles. The van der Waals surface area contributed by atoms with Crippen LogP contribution in [-0.2, 0) is 45.0 Å². The number of benzene rings is 2. The van der Waals surface area contributed by atoms with Crippen molar-refractivity contribution < 1.29 is 19.1 Å². The Morgan fingerprint density at radius 3 is 2.48 bits per heavy atom. The first-order valence-corrected chi connectivity index (χ1v) is 14.6. The lowest BCUT2D eigenvalue weighted by Crippen LogP contribution is -2.39. The first-order valence-electron chi connectivity index (χ1n) is 14.6. The summed E-state index contributed by atoms with van der Waals surface area (Å²) in [6.45, 7) is 4.68. The Morgan fingerprint density at radius 1 is 1.00 bits per heavy atom. The molecule has 0 atom stereocenters. The molecule has 42 heavy (non-hydrogen) atoms. The number of pyridine rings is 1. The lowest BCUT2D eigenvalue weighted by molar-refractivity contribution is -0.139. The van der Waals surface area contributed by atoms with Crippen molar-refractivity contribution in [2.24, 2.45) is 0 Å². The number of rotatable bonds is 13. The van der Waals surface area contributed by atoms with Crippen LogP contribution in [0.3, 0.4) is 0 Å². The molecule has 4 aromatic rings. The molecule has 1 fully saturated rings. The molecule has 3 heterocycles. The molecule has 0 spiro atoms. The molecule has 0 aliphatic carbocycles. The molecular formula is C32H40N6O4. The van der Waals surface area contributed by atoms with Crippen molar-refractivity contribution in [1.82, 2.24) is 24.3 Å². The minimum Gasteiger partial charge on any atom is -0.469 e. The van der Waals surface area contributed by atoms with Crippen LogP contribution in [0.15, 0.2) is 48.5 Å². The normalized spacial score (nSPS) is 13.7. The van der Waals surface area contributed by atoms with E-state index < -0.39 is 0 Å². The number of carbonyl (C=O) groups is 2. The number of likely N-dealkylation sites (tertiary alicyclic amines) is 1. The molecular weight excluding hydrogens is 532 g/mol. The first kappa shape index (κ1) is 29.5. The van der Waals surface area contributed by atoms with E-state index in [4.69, 9.17) is 20.2 Å². The van der Waals surface area contributed by atoms with E-state index in [-0.39, 0.29) is 18.3 Å².